The van der Waals surface area contributed by atoms with Crippen LogP contribution < -0.4 is 5.32 Å². The van der Waals surface area contributed by atoms with Crippen LogP contribution in [0.4, 0.5) is 4.39 Å². The maximum absolute atomic E-state index is 12.9. The third kappa shape index (κ3) is 5.87. The first kappa shape index (κ1) is 18.9. The maximum Gasteiger partial charge on any atom is 0.308 e. The van der Waals surface area contributed by atoms with E-state index in [2.05, 4.69) is 5.32 Å². The number of carbonyl (C=O) groups is 2. The number of benzene rings is 2. The van der Waals surface area contributed by atoms with Crippen molar-refractivity contribution in [3.8, 4) is 0 Å². The van der Waals surface area contributed by atoms with Crippen LogP contribution >= 0.6 is 11.6 Å². The summed E-state index contributed by atoms with van der Waals surface area (Å²) in [6.07, 6.45) is 0.0524. The van der Waals surface area contributed by atoms with Crippen molar-refractivity contribution in [1.29, 1.82) is 0 Å². The van der Waals surface area contributed by atoms with E-state index in [0.717, 1.165) is 0 Å². The van der Waals surface area contributed by atoms with Crippen LogP contribution in [0, 0.1) is 5.82 Å². The van der Waals surface area contributed by atoms with Crippen LogP contribution in [0.15, 0.2) is 48.5 Å². The first-order valence-electron chi connectivity index (χ1n) is 7.93. The molecule has 2 rings (SSSR count). The number of amides is 1. The summed E-state index contributed by atoms with van der Waals surface area (Å²) in [5, 5.41) is 3.27. The fourth-order valence-electron chi connectivity index (χ4n) is 2.42. The van der Waals surface area contributed by atoms with Crippen molar-refractivity contribution in [2.45, 2.75) is 25.8 Å². The Morgan fingerprint density at radius 1 is 1.16 bits per heavy atom. The van der Waals surface area contributed by atoms with Crippen LogP contribution in [-0.4, -0.2) is 18.5 Å². The van der Waals surface area contributed by atoms with Gasteiger partial charge in [0.05, 0.1) is 25.5 Å². The van der Waals surface area contributed by atoms with Crippen molar-refractivity contribution in [2.75, 3.05) is 6.61 Å². The molecule has 0 unspecified atom stereocenters. The molecular formula is C19H19ClFNO3. The lowest BCUT2D eigenvalue weighted by Gasteiger charge is -2.19. The molecule has 0 aromatic heterocycles. The largest absolute Gasteiger partial charge is 0.466 e. The molecule has 0 bridgehead atoms. The fraction of sp³-hybridized carbons (Fsp3) is 0.263. The number of carbonyl (C=O) groups excluding carboxylic acids is 2. The van der Waals surface area contributed by atoms with E-state index in [-0.39, 0.29) is 31.2 Å². The monoisotopic (exact) mass is 363 g/mol. The highest BCUT2D eigenvalue weighted by Crippen LogP contribution is 2.25. The molecule has 132 valence electrons. The first-order chi connectivity index (χ1) is 12.0. The van der Waals surface area contributed by atoms with Gasteiger partial charge in [-0.15, -0.1) is 0 Å². The Balaban J connectivity index is 2.11. The Hall–Kier alpha value is -2.40. The highest BCUT2D eigenvalue weighted by Gasteiger charge is 2.21. The summed E-state index contributed by atoms with van der Waals surface area (Å²) >= 11 is 6.20. The second-order valence-corrected chi connectivity index (χ2v) is 5.86. The number of rotatable bonds is 7. The predicted molar refractivity (Wildman–Crippen MR) is 93.7 cm³/mol. The third-order valence-electron chi connectivity index (χ3n) is 3.57. The van der Waals surface area contributed by atoms with Crippen LogP contribution in [-0.2, 0) is 20.7 Å². The minimum Gasteiger partial charge on any atom is -0.466 e. The van der Waals surface area contributed by atoms with Gasteiger partial charge in [-0.25, -0.2) is 4.39 Å². The fourth-order valence-corrected chi connectivity index (χ4v) is 2.68. The van der Waals surface area contributed by atoms with E-state index in [1.807, 2.05) is 0 Å². The minimum absolute atomic E-state index is 0.0211. The molecule has 0 saturated heterocycles. The zero-order valence-electron chi connectivity index (χ0n) is 13.8. The van der Waals surface area contributed by atoms with E-state index in [1.165, 1.54) is 12.1 Å². The zero-order valence-corrected chi connectivity index (χ0v) is 14.6. The van der Waals surface area contributed by atoms with Gasteiger partial charge in [0.25, 0.3) is 0 Å². The summed E-state index contributed by atoms with van der Waals surface area (Å²) in [6, 6.07) is 12.1. The van der Waals surface area contributed by atoms with Gasteiger partial charge in [0.1, 0.15) is 5.82 Å². The molecule has 0 fully saturated rings. The van der Waals surface area contributed by atoms with Gasteiger partial charge >= 0.3 is 5.97 Å². The highest BCUT2D eigenvalue weighted by molar-refractivity contribution is 6.31. The lowest BCUT2D eigenvalue weighted by molar-refractivity contribution is -0.143. The Kier molecular flexibility index (Phi) is 6.95. The average molecular weight is 364 g/mol. The van der Waals surface area contributed by atoms with Gasteiger partial charge in [-0.1, -0.05) is 41.9 Å². The third-order valence-corrected chi connectivity index (χ3v) is 3.91. The van der Waals surface area contributed by atoms with Gasteiger partial charge in [-0.3, -0.25) is 9.59 Å². The molecular weight excluding hydrogens is 345 g/mol. The Morgan fingerprint density at radius 2 is 1.84 bits per heavy atom. The highest BCUT2D eigenvalue weighted by atomic mass is 35.5. The van der Waals surface area contributed by atoms with Crippen LogP contribution in [0.1, 0.15) is 30.5 Å². The quantitative estimate of drug-likeness (QED) is 0.760. The molecule has 0 radical (unpaired) electrons. The van der Waals surface area contributed by atoms with Crippen LogP contribution in [0.2, 0.25) is 5.02 Å². The molecule has 0 heterocycles. The number of nitrogens with one attached hydrogen (secondary N) is 1. The molecule has 25 heavy (non-hydrogen) atoms. The predicted octanol–water partition coefficient (Wildman–Crippen LogP) is 3.83. The minimum atomic E-state index is -0.597. The zero-order chi connectivity index (χ0) is 18.2. The lowest BCUT2D eigenvalue weighted by Crippen LogP contribution is -2.32. The number of halogens is 2. The molecule has 1 atom stereocenters. The normalized spacial score (nSPS) is 11.6. The number of hydrogen-bond acceptors (Lipinski definition) is 3. The van der Waals surface area contributed by atoms with E-state index in [9.17, 15) is 14.0 Å². The van der Waals surface area contributed by atoms with Crippen molar-refractivity contribution in [3.63, 3.8) is 0 Å². The Labute approximate surface area is 150 Å². The molecule has 0 spiro atoms. The summed E-state index contributed by atoms with van der Waals surface area (Å²) in [4.78, 5) is 24.2. The summed E-state index contributed by atoms with van der Waals surface area (Å²) in [5.41, 5.74) is 1.32. The van der Waals surface area contributed by atoms with Crippen molar-refractivity contribution in [1.82, 2.24) is 5.32 Å². The van der Waals surface area contributed by atoms with Crippen molar-refractivity contribution < 1.29 is 18.7 Å². The molecule has 0 saturated carbocycles. The smallest absolute Gasteiger partial charge is 0.308 e. The van der Waals surface area contributed by atoms with Crippen LogP contribution in [0.25, 0.3) is 0 Å². The first-order valence-corrected chi connectivity index (χ1v) is 8.31. The Bertz CT molecular complexity index is 734. The van der Waals surface area contributed by atoms with Gasteiger partial charge in [-0.2, -0.15) is 0 Å². The van der Waals surface area contributed by atoms with Gasteiger partial charge in [-0.05, 0) is 36.2 Å². The van der Waals surface area contributed by atoms with E-state index in [0.29, 0.717) is 16.1 Å². The van der Waals surface area contributed by atoms with Crippen molar-refractivity contribution >= 4 is 23.5 Å². The maximum atomic E-state index is 12.9. The standard InChI is InChI=1S/C19H19ClFNO3/c1-2-25-19(24)12-17(15-5-3-4-6-16(15)20)22-18(23)11-13-7-9-14(21)10-8-13/h3-10,17H,2,11-12H2,1H3,(H,22,23)/t17-/m0/s1. The molecule has 0 aliphatic rings. The second-order valence-electron chi connectivity index (χ2n) is 5.45. The summed E-state index contributed by atoms with van der Waals surface area (Å²) in [6.45, 7) is 1.98. The van der Waals surface area contributed by atoms with Gasteiger partial charge < -0.3 is 10.1 Å². The number of ether oxygens (including phenoxy) is 1. The molecule has 0 aliphatic carbocycles. The number of esters is 1. The topological polar surface area (TPSA) is 55.4 Å². The SMILES string of the molecule is CCOC(=O)C[C@H](NC(=O)Cc1ccc(F)cc1)c1ccccc1Cl. The van der Waals surface area contributed by atoms with E-state index >= 15 is 0 Å². The van der Waals surface area contributed by atoms with Crippen LogP contribution in [0.5, 0.6) is 0 Å². The van der Waals surface area contributed by atoms with Crippen LogP contribution in [0.3, 0.4) is 0 Å². The summed E-state index contributed by atoms with van der Waals surface area (Å²) < 4.78 is 17.9. The Morgan fingerprint density at radius 3 is 2.48 bits per heavy atom. The lowest BCUT2D eigenvalue weighted by atomic mass is 10.0. The summed E-state index contributed by atoms with van der Waals surface area (Å²) in [5.74, 6) is -1.07. The molecule has 4 nitrogen and oxygen atoms in total. The van der Waals surface area contributed by atoms with Crippen molar-refractivity contribution in [3.05, 3.63) is 70.5 Å². The molecule has 2 aromatic carbocycles. The van der Waals surface area contributed by atoms with E-state index in [4.69, 9.17) is 16.3 Å². The van der Waals surface area contributed by atoms with Crippen molar-refractivity contribution in [2.24, 2.45) is 0 Å². The van der Waals surface area contributed by atoms with Gasteiger partial charge in [0.2, 0.25) is 5.91 Å². The molecule has 6 heteroatoms. The second kappa shape index (κ2) is 9.18. The molecule has 2 aromatic rings. The average Bonchev–Trinajstić information content (AvgIpc) is 2.57. The molecule has 1 N–H and O–H groups in total. The molecule has 0 aliphatic heterocycles. The van der Waals surface area contributed by atoms with E-state index in [1.54, 1.807) is 43.3 Å². The summed E-state index contributed by atoms with van der Waals surface area (Å²) in [7, 11) is 0. The van der Waals surface area contributed by atoms with Gasteiger partial charge in [0, 0.05) is 5.02 Å². The molecule has 1 amide bonds. The number of hydrogen-bond donors (Lipinski definition) is 1. The van der Waals surface area contributed by atoms with E-state index < -0.39 is 12.0 Å². The van der Waals surface area contributed by atoms with Gasteiger partial charge in [0.15, 0.2) is 0 Å².